The van der Waals surface area contributed by atoms with Gasteiger partial charge in [0.15, 0.2) is 5.13 Å². The van der Waals surface area contributed by atoms with Crippen LogP contribution in [0.1, 0.15) is 13.3 Å². The van der Waals surface area contributed by atoms with Gasteiger partial charge in [-0.15, -0.1) is 11.3 Å². The van der Waals surface area contributed by atoms with E-state index in [2.05, 4.69) is 17.2 Å². The molecule has 2 rings (SSSR count). The van der Waals surface area contributed by atoms with Crippen LogP contribution >= 0.6 is 11.3 Å². The molecule has 2 atom stereocenters. The molecule has 2 unspecified atom stereocenters. The standard InChI is InChI=1S/C7H10N2S/c1-5-4-6(5)9-7-8-2-3-10-7/h2-3,5-6H,4H2,1H3,(H,8,9). The van der Waals surface area contributed by atoms with E-state index in [0.29, 0.717) is 6.04 Å². The van der Waals surface area contributed by atoms with Gasteiger partial charge >= 0.3 is 0 Å². The Bertz CT molecular complexity index is 207. The number of nitrogens with zero attached hydrogens (tertiary/aromatic N) is 1. The average Bonchev–Trinajstić information content (AvgIpc) is 2.48. The van der Waals surface area contributed by atoms with E-state index in [1.165, 1.54) is 6.42 Å². The molecule has 0 aromatic carbocycles. The smallest absolute Gasteiger partial charge is 0.182 e. The second-order valence-corrected chi connectivity index (χ2v) is 3.70. The van der Waals surface area contributed by atoms with Crippen molar-refractivity contribution in [3.05, 3.63) is 11.6 Å². The lowest BCUT2D eigenvalue weighted by Crippen LogP contribution is -2.02. The van der Waals surface area contributed by atoms with E-state index in [4.69, 9.17) is 0 Å². The van der Waals surface area contributed by atoms with Gasteiger partial charge in [-0.2, -0.15) is 0 Å². The fourth-order valence-electron chi connectivity index (χ4n) is 0.976. The fraction of sp³-hybridized carbons (Fsp3) is 0.571. The van der Waals surface area contributed by atoms with Crippen molar-refractivity contribution in [1.82, 2.24) is 4.98 Å². The number of hydrogen-bond donors (Lipinski definition) is 1. The molecule has 1 aromatic rings. The van der Waals surface area contributed by atoms with E-state index in [1.54, 1.807) is 11.3 Å². The van der Waals surface area contributed by atoms with Crippen LogP contribution in [-0.4, -0.2) is 11.0 Å². The van der Waals surface area contributed by atoms with E-state index in [1.807, 2.05) is 11.6 Å². The van der Waals surface area contributed by atoms with Gasteiger partial charge in [0.25, 0.3) is 0 Å². The van der Waals surface area contributed by atoms with Gasteiger partial charge in [0.05, 0.1) is 0 Å². The third-order valence-electron chi connectivity index (χ3n) is 1.85. The van der Waals surface area contributed by atoms with Crippen molar-refractivity contribution in [2.75, 3.05) is 5.32 Å². The van der Waals surface area contributed by atoms with Gasteiger partial charge in [0.1, 0.15) is 0 Å². The van der Waals surface area contributed by atoms with Crippen LogP contribution in [0.15, 0.2) is 11.6 Å². The van der Waals surface area contributed by atoms with Gasteiger partial charge < -0.3 is 5.32 Å². The van der Waals surface area contributed by atoms with Crippen molar-refractivity contribution in [1.29, 1.82) is 0 Å². The molecule has 1 heterocycles. The minimum Gasteiger partial charge on any atom is -0.359 e. The second kappa shape index (κ2) is 2.23. The Morgan fingerprint density at radius 1 is 1.80 bits per heavy atom. The van der Waals surface area contributed by atoms with Crippen LogP contribution in [0.4, 0.5) is 5.13 Å². The molecule has 0 bridgehead atoms. The molecule has 1 fully saturated rings. The van der Waals surface area contributed by atoms with Gasteiger partial charge in [0.2, 0.25) is 0 Å². The van der Waals surface area contributed by atoms with Crippen LogP contribution in [0.5, 0.6) is 0 Å². The van der Waals surface area contributed by atoms with Gasteiger partial charge in [-0.25, -0.2) is 4.98 Å². The van der Waals surface area contributed by atoms with Crippen molar-refractivity contribution >= 4 is 16.5 Å². The lowest BCUT2D eigenvalue weighted by atomic mass is 10.5. The number of rotatable bonds is 2. The van der Waals surface area contributed by atoms with Crippen LogP contribution in [0.25, 0.3) is 0 Å². The molecule has 0 spiro atoms. The van der Waals surface area contributed by atoms with Crippen molar-refractivity contribution in [2.45, 2.75) is 19.4 Å². The van der Waals surface area contributed by atoms with Crippen molar-refractivity contribution in [3.8, 4) is 0 Å². The Labute approximate surface area is 64.3 Å². The summed E-state index contributed by atoms with van der Waals surface area (Å²) < 4.78 is 0. The Morgan fingerprint density at radius 3 is 3.10 bits per heavy atom. The minimum atomic E-state index is 0.700. The number of anilines is 1. The van der Waals surface area contributed by atoms with Crippen LogP contribution in [0.2, 0.25) is 0 Å². The summed E-state index contributed by atoms with van der Waals surface area (Å²) in [5, 5.41) is 6.41. The van der Waals surface area contributed by atoms with E-state index in [0.717, 1.165) is 11.0 Å². The predicted octanol–water partition coefficient (Wildman–Crippen LogP) is 1.96. The van der Waals surface area contributed by atoms with Crippen molar-refractivity contribution in [3.63, 3.8) is 0 Å². The number of hydrogen-bond acceptors (Lipinski definition) is 3. The summed E-state index contributed by atoms with van der Waals surface area (Å²) in [6.45, 7) is 2.26. The fourth-order valence-corrected chi connectivity index (χ4v) is 1.57. The lowest BCUT2D eigenvalue weighted by Gasteiger charge is -1.96. The average molecular weight is 154 g/mol. The summed E-state index contributed by atoms with van der Waals surface area (Å²) in [5.41, 5.74) is 0. The van der Waals surface area contributed by atoms with Gasteiger partial charge in [-0.3, -0.25) is 0 Å². The van der Waals surface area contributed by atoms with E-state index >= 15 is 0 Å². The summed E-state index contributed by atoms with van der Waals surface area (Å²) in [5.74, 6) is 0.851. The summed E-state index contributed by atoms with van der Waals surface area (Å²) in [6.07, 6.45) is 3.14. The highest BCUT2D eigenvalue weighted by Gasteiger charge is 2.32. The van der Waals surface area contributed by atoms with Crippen molar-refractivity contribution < 1.29 is 0 Å². The molecule has 1 aromatic heterocycles. The summed E-state index contributed by atoms with van der Waals surface area (Å²) in [6, 6.07) is 0.700. The summed E-state index contributed by atoms with van der Waals surface area (Å²) in [7, 11) is 0. The van der Waals surface area contributed by atoms with Gasteiger partial charge in [0, 0.05) is 17.6 Å². The highest BCUT2D eigenvalue weighted by atomic mass is 32.1. The Kier molecular flexibility index (Phi) is 1.38. The Hall–Kier alpha value is -0.570. The molecular weight excluding hydrogens is 144 g/mol. The highest BCUT2D eigenvalue weighted by molar-refractivity contribution is 7.13. The minimum absolute atomic E-state index is 0.700. The molecule has 0 amide bonds. The predicted molar refractivity (Wildman–Crippen MR) is 43.3 cm³/mol. The maximum absolute atomic E-state index is 4.14. The first-order valence-corrected chi connectivity index (χ1v) is 4.40. The molecule has 3 heteroatoms. The lowest BCUT2D eigenvalue weighted by molar-refractivity contribution is 0.927. The van der Waals surface area contributed by atoms with Gasteiger partial charge in [-0.05, 0) is 12.3 Å². The molecule has 0 aliphatic heterocycles. The van der Waals surface area contributed by atoms with E-state index in [-0.39, 0.29) is 0 Å². The van der Waals surface area contributed by atoms with Gasteiger partial charge in [-0.1, -0.05) is 6.92 Å². The molecule has 1 saturated carbocycles. The molecule has 54 valence electrons. The molecular formula is C7H10N2S. The third kappa shape index (κ3) is 1.14. The zero-order chi connectivity index (χ0) is 6.97. The molecule has 1 aliphatic rings. The van der Waals surface area contributed by atoms with Crippen LogP contribution < -0.4 is 5.32 Å². The van der Waals surface area contributed by atoms with Crippen LogP contribution in [-0.2, 0) is 0 Å². The SMILES string of the molecule is CC1CC1Nc1nccs1. The third-order valence-corrected chi connectivity index (χ3v) is 2.55. The number of thiazole rings is 1. The highest BCUT2D eigenvalue weighted by Crippen LogP contribution is 2.32. The van der Waals surface area contributed by atoms with Crippen LogP contribution in [0.3, 0.4) is 0 Å². The zero-order valence-electron chi connectivity index (χ0n) is 5.87. The summed E-state index contributed by atoms with van der Waals surface area (Å²) >= 11 is 1.67. The van der Waals surface area contributed by atoms with Crippen LogP contribution in [0, 0.1) is 5.92 Å². The first kappa shape index (κ1) is 6.16. The first-order valence-electron chi connectivity index (χ1n) is 3.52. The Balaban J connectivity index is 1.93. The normalized spacial score (nSPS) is 30.1. The number of aromatic nitrogens is 1. The molecule has 2 nitrogen and oxygen atoms in total. The zero-order valence-corrected chi connectivity index (χ0v) is 6.69. The van der Waals surface area contributed by atoms with E-state index in [9.17, 15) is 0 Å². The topological polar surface area (TPSA) is 24.9 Å². The molecule has 0 radical (unpaired) electrons. The summed E-state index contributed by atoms with van der Waals surface area (Å²) in [4.78, 5) is 4.14. The first-order chi connectivity index (χ1) is 4.86. The molecule has 1 aliphatic carbocycles. The van der Waals surface area contributed by atoms with Crippen molar-refractivity contribution in [2.24, 2.45) is 5.92 Å². The quantitative estimate of drug-likeness (QED) is 0.704. The largest absolute Gasteiger partial charge is 0.359 e. The maximum atomic E-state index is 4.14. The monoisotopic (exact) mass is 154 g/mol. The molecule has 1 N–H and O–H groups in total. The molecule has 0 saturated heterocycles. The molecule has 10 heavy (non-hydrogen) atoms. The number of nitrogens with one attached hydrogen (secondary N) is 1. The van der Waals surface area contributed by atoms with E-state index < -0.39 is 0 Å². The Morgan fingerprint density at radius 2 is 2.60 bits per heavy atom. The second-order valence-electron chi connectivity index (χ2n) is 2.80. The maximum Gasteiger partial charge on any atom is 0.182 e.